The fourth-order valence-electron chi connectivity index (χ4n) is 2.63. The van der Waals surface area contributed by atoms with Gasteiger partial charge in [0.15, 0.2) is 0 Å². The van der Waals surface area contributed by atoms with Crippen molar-refractivity contribution in [1.82, 2.24) is 5.32 Å². The average Bonchev–Trinajstić information content (AvgIpc) is 2.45. The molecule has 2 N–H and O–H groups in total. The molecule has 2 unspecified atom stereocenters. The number of hydrogen-bond donors (Lipinski definition) is 2. The van der Waals surface area contributed by atoms with Gasteiger partial charge in [0, 0.05) is 16.9 Å². The van der Waals surface area contributed by atoms with E-state index in [1.54, 1.807) is 0 Å². The van der Waals surface area contributed by atoms with Crippen LogP contribution in [0.5, 0.6) is 0 Å². The third kappa shape index (κ3) is 4.07. The van der Waals surface area contributed by atoms with E-state index in [1.807, 2.05) is 24.3 Å². The van der Waals surface area contributed by atoms with Gasteiger partial charge in [-0.1, -0.05) is 34.5 Å². The van der Waals surface area contributed by atoms with Crippen molar-refractivity contribution < 1.29 is 14.7 Å². The molecule has 0 spiro atoms. The molecule has 0 saturated heterocycles. The van der Waals surface area contributed by atoms with E-state index in [1.165, 1.54) is 0 Å². The van der Waals surface area contributed by atoms with Gasteiger partial charge in [-0.15, -0.1) is 0 Å². The third-order valence-electron chi connectivity index (χ3n) is 3.75. The number of carbonyl (C=O) groups is 2. The van der Waals surface area contributed by atoms with E-state index < -0.39 is 5.97 Å². The van der Waals surface area contributed by atoms with E-state index in [2.05, 4.69) is 21.2 Å². The molecular formula is C15H18BrNO3. The summed E-state index contributed by atoms with van der Waals surface area (Å²) >= 11 is 3.39. The Labute approximate surface area is 126 Å². The van der Waals surface area contributed by atoms with Crippen molar-refractivity contribution >= 4 is 27.8 Å². The molecule has 0 aliphatic heterocycles. The Balaban J connectivity index is 1.87. The summed E-state index contributed by atoms with van der Waals surface area (Å²) in [4.78, 5) is 23.1. The van der Waals surface area contributed by atoms with Crippen LogP contribution >= 0.6 is 15.9 Å². The molecule has 1 aliphatic rings. The zero-order valence-corrected chi connectivity index (χ0v) is 12.7. The quantitative estimate of drug-likeness (QED) is 0.886. The monoisotopic (exact) mass is 339 g/mol. The molecule has 0 bridgehead atoms. The first-order valence-corrected chi connectivity index (χ1v) is 7.60. The third-order valence-corrected chi connectivity index (χ3v) is 4.24. The highest BCUT2D eigenvalue weighted by atomic mass is 79.9. The summed E-state index contributed by atoms with van der Waals surface area (Å²) in [6, 6.07) is 7.77. The smallest absolute Gasteiger partial charge is 0.306 e. The van der Waals surface area contributed by atoms with Crippen molar-refractivity contribution in [2.45, 2.75) is 32.2 Å². The van der Waals surface area contributed by atoms with Gasteiger partial charge in [0.05, 0.1) is 5.92 Å². The Morgan fingerprint density at radius 2 is 2.05 bits per heavy atom. The fraction of sp³-hybridized carbons (Fsp3) is 0.467. The van der Waals surface area contributed by atoms with Crippen LogP contribution in [0.1, 0.15) is 31.2 Å². The summed E-state index contributed by atoms with van der Waals surface area (Å²) in [6.45, 7) is 0.479. The molecule has 108 valence electrons. The maximum atomic E-state index is 12.1. The molecule has 4 nitrogen and oxygen atoms in total. The molecule has 20 heavy (non-hydrogen) atoms. The molecular weight excluding hydrogens is 322 g/mol. The van der Waals surface area contributed by atoms with Gasteiger partial charge < -0.3 is 10.4 Å². The van der Waals surface area contributed by atoms with Crippen molar-refractivity contribution in [1.29, 1.82) is 0 Å². The minimum Gasteiger partial charge on any atom is -0.481 e. The summed E-state index contributed by atoms with van der Waals surface area (Å²) < 4.78 is 0.979. The lowest BCUT2D eigenvalue weighted by molar-refractivity contribution is -0.144. The van der Waals surface area contributed by atoms with Crippen molar-refractivity contribution in [3.05, 3.63) is 34.3 Å². The maximum Gasteiger partial charge on any atom is 0.306 e. The van der Waals surface area contributed by atoms with Gasteiger partial charge in [-0.05, 0) is 37.0 Å². The molecule has 1 saturated carbocycles. The molecule has 0 heterocycles. The van der Waals surface area contributed by atoms with E-state index in [9.17, 15) is 9.59 Å². The average molecular weight is 340 g/mol. The van der Waals surface area contributed by atoms with Crippen molar-refractivity contribution in [2.24, 2.45) is 11.8 Å². The molecule has 1 fully saturated rings. The van der Waals surface area contributed by atoms with Crippen LogP contribution in [0.3, 0.4) is 0 Å². The van der Waals surface area contributed by atoms with Crippen molar-refractivity contribution in [2.75, 3.05) is 0 Å². The van der Waals surface area contributed by atoms with Crippen LogP contribution in [0.15, 0.2) is 28.7 Å². The minimum atomic E-state index is -0.783. The number of halogens is 1. The normalized spacial score (nSPS) is 22.2. The van der Waals surface area contributed by atoms with E-state index in [0.717, 1.165) is 22.9 Å². The first-order chi connectivity index (χ1) is 9.56. The molecule has 1 aromatic rings. The molecule has 5 heteroatoms. The van der Waals surface area contributed by atoms with Gasteiger partial charge in [-0.25, -0.2) is 0 Å². The van der Waals surface area contributed by atoms with E-state index >= 15 is 0 Å². The number of carboxylic acids is 1. The van der Waals surface area contributed by atoms with Crippen LogP contribution in [-0.4, -0.2) is 17.0 Å². The van der Waals surface area contributed by atoms with Gasteiger partial charge in [0.2, 0.25) is 5.91 Å². The summed E-state index contributed by atoms with van der Waals surface area (Å²) in [5.74, 6) is -1.35. The summed E-state index contributed by atoms with van der Waals surface area (Å²) in [5, 5.41) is 11.9. The SMILES string of the molecule is O=C(O)C1CCCC(C(=O)NCc2cccc(Br)c2)C1. The van der Waals surface area contributed by atoms with E-state index in [-0.39, 0.29) is 17.7 Å². The molecule has 2 atom stereocenters. The van der Waals surface area contributed by atoms with E-state index in [0.29, 0.717) is 19.4 Å². The highest BCUT2D eigenvalue weighted by Crippen LogP contribution is 2.29. The zero-order chi connectivity index (χ0) is 14.5. The van der Waals surface area contributed by atoms with Crippen LogP contribution in [0.25, 0.3) is 0 Å². The van der Waals surface area contributed by atoms with Gasteiger partial charge in [0.25, 0.3) is 0 Å². The van der Waals surface area contributed by atoms with Crippen LogP contribution in [0.2, 0.25) is 0 Å². The van der Waals surface area contributed by atoms with Gasteiger partial charge in [-0.2, -0.15) is 0 Å². The Morgan fingerprint density at radius 3 is 2.75 bits per heavy atom. The number of rotatable bonds is 4. The van der Waals surface area contributed by atoms with Gasteiger partial charge >= 0.3 is 5.97 Å². The van der Waals surface area contributed by atoms with Gasteiger partial charge in [0.1, 0.15) is 0 Å². The largest absolute Gasteiger partial charge is 0.481 e. The summed E-state index contributed by atoms with van der Waals surface area (Å²) in [6.07, 6.45) is 2.74. The summed E-state index contributed by atoms with van der Waals surface area (Å²) in [7, 11) is 0. The Bertz CT molecular complexity index is 504. The Kier molecular flexibility index (Phi) is 5.17. The van der Waals surface area contributed by atoms with Crippen LogP contribution in [-0.2, 0) is 16.1 Å². The topological polar surface area (TPSA) is 66.4 Å². The number of carbonyl (C=O) groups excluding carboxylic acids is 1. The lowest BCUT2D eigenvalue weighted by Crippen LogP contribution is -2.35. The van der Waals surface area contributed by atoms with Gasteiger partial charge in [-0.3, -0.25) is 9.59 Å². The van der Waals surface area contributed by atoms with Crippen LogP contribution < -0.4 is 5.32 Å². The zero-order valence-electron chi connectivity index (χ0n) is 11.1. The van der Waals surface area contributed by atoms with Crippen molar-refractivity contribution in [3.8, 4) is 0 Å². The fourth-order valence-corrected chi connectivity index (χ4v) is 3.08. The molecule has 1 aromatic carbocycles. The molecule has 0 aromatic heterocycles. The van der Waals surface area contributed by atoms with Crippen LogP contribution in [0, 0.1) is 11.8 Å². The molecule has 0 radical (unpaired) electrons. The highest BCUT2D eigenvalue weighted by molar-refractivity contribution is 9.10. The molecule has 1 amide bonds. The highest BCUT2D eigenvalue weighted by Gasteiger charge is 2.30. The number of aliphatic carboxylic acids is 1. The first-order valence-electron chi connectivity index (χ1n) is 6.81. The second-order valence-electron chi connectivity index (χ2n) is 5.25. The number of benzene rings is 1. The number of hydrogen-bond acceptors (Lipinski definition) is 2. The molecule has 2 rings (SSSR count). The lowest BCUT2D eigenvalue weighted by atomic mass is 9.81. The lowest BCUT2D eigenvalue weighted by Gasteiger charge is -2.25. The first kappa shape index (κ1) is 15.0. The molecule has 1 aliphatic carbocycles. The number of carboxylic acid groups (broad SMARTS) is 1. The standard InChI is InChI=1S/C15H18BrNO3/c16-13-6-1-3-10(7-13)9-17-14(18)11-4-2-5-12(8-11)15(19)20/h1,3,6-7,11-12H,2,4-5,8-9H2,(H,17,18)(H,19,20). The maximum absolute atomic E-state index is 12.1. The Morgan fingerprint density at radius 1 is 1.30 bits per heavy atom. The van der Waals surface area contributed by atoms with Crippen molar-refractivity contribution in [3.63, 3.8) is 0 Å². The summed E-state index contributed by atoms with van der Waals surface area (Å²) in [5.41, 5.74) is 1.03. The number of nitrogens with one attached hydrogen (secondary N) is 1. The van der Waals surface area contributed by atoms with E-state index in [4.69, 9.17) is 5.11 Å². The Hall–Kier alpha value is -1.36. The second kappa shape index (κ2) is 6.88. The second-order valence-corrected chi connectivity index (χ2v) is 6.16. The van der Waals surface area contributed by atoms with Crippen LogP contribution in [0.4, 0.5) is 0 Å². The predicted octanol–water partition coefficient (Wildman–Crippen LogP) is 2.96. The number of amides is 1. The predicted molar refractivity (Wildman–Crippen MR) is 79.1 cm³/mol. The minimum absolute atomic E-state index is 0.0316.